The van der Waals surface area contributed by atoms with Crippen molar-refractivity contribution in [3.8, 4) is 10.4 Å². The van der Waals surface area contributed by atoms with Crippen LogP contribution in [-0.4, -0.2) is 6.04 Å². The first-order valence-electron chi connectivity index (χ1n) is 6.14. The molecule has 1 aromatic heterocycles. The lowest BCUT2D eigenvalue weighted by Gasteiger charge is -2.11. The first-order chi connectivity index (χ1) is 8.58. The molecule has 0 atom stereocenters. The van der Waals surface area contributed by atoms with Gasteiger partial charge in [0.1, 0.15) is 0 Å². The van der Waals surface area contributed by atoms with Gasteiger partial charge in [-0.1, -0.05) is 43.6 Å². The number of aryl methyl sites for hydroxylation is 1. The fourth-order valence-electron chi connectivity index (χ4n) is 1.90. The molecule has 1 heterocycles. The van der Waals surface area contributed by atoms with E-state index in [4.69, 9.17) is 11.6 Å². The molecule has 0 unspecified atom stereocenters. The number of halogens is 1. The molecule has 0 saturated carbocycles. The third-order valence-corrected chi connectivity index (χ3v) is 4.24. The Labute approximate surface area is 118 Å². The molecule has 0 aliphatic heterocycles. The number of hydrogen-bond donors (Lipinski definition) is 1. The minimum atomic E-state index is 0.511. The van der Waals surface area contributed by atoms with Gasteiger partial charge in [-0.3, -0.25) is 0 Å². The Morgan fingerprint density at radius 2 is 2.06 bits per heavy atom. The predicted molar refractivity (Wildman–Crippen MR) is 81.5 cm³/mol. The second-order valence-corrected chi connectivity index (χ2v) is 6.11. The van der Waals surface area contributed by atoms with E-state index in [0.29, 0.717) is 6.04 Å². The molecular weight excluding hydrogens is 262 g/mol. The maximum absolute atomic E-state index is 6.19. The van der Waals surface area contributed by atoms with Crippen LogP contribution in [0.15, 0.2) is 29.6 Å². The SMILES string of the molecule is Cc1cc(CNC(C)C)ccc1-c1sccc1Cl. The van der Waals surface area contributed by atoms with E-state index in [1.165, 1.54) is 16.7 Å². The average Bonchev–Trinajstić information content (AvgIpc) is 2.73. The van der Waals surface area contributed by atoms with Crippen LogP contribution in [0.4, 0.5) is 0 Å². The maximum atomic E-state index is 6.19. The van der Waals surface area contributed by atoms with Gasteiger partial charge in [0, 0.05) is 12.6 Å². The van der Waals surface area contributed by atoms with Crippen LogP contribution in [0.1, 0.15) is 25.0 Å². The Morgan fingerprint density at radius 3 is 2.61 bits per heavy atom. The fraction of sp³-hybridized carbons (Fsp3) is 0.333. The zero-order valence-electron chi connectivity index (χ0n) is 11.0. The molecule has 0 bridgehead atoms. The predicted octanol–water partition coefficient (Wildman–Crippen LogP) is 4.87. The van der Waals surface area contributed by atoms with Gasteiger partial charge in [0.15, 0.2) is 0 Å². The molecule has 0 aliphatic carbocycles. The lowest BCUT2D eigenvalue weighted by Crippen LogP contribution is -2.21. The Hall–Kier alpha value is -0.830. The van der Waals surface area contributed by atoms with E-state index in [9.17, 15) is 0 Å². The molecule has 0 aliphatic rings. The highest BCUT2D eigenvalue weighted by atomic mass is 35.5. The Kier molecular flexibility index (Phi) is 4.44. The normalized spacial score (nSPS) is 11.2. The summed E-state index contributed by atoms with van der Waals surface area (Å²) >= 11 is 7.88. The highest BCUT2D eigenvalue weighted by molar-refractivity contribution is 7.14. The van der Waals surface area contributed by atoms with Crippen LogP contribution in [0.5, 0.6) is 0 Å². The van der Waals surface area contributed by atoms with Gasteiger partial charge >= 0.3 is 0 Å². The Morgan fingerprint density at radius 1 is 1.28 bits per heavy atom. The van der Waals surface area contributed by atoms with Gasteiger partial charge < -0.3 is 5.32 Å². The van der Waals surface area contributed by atoms with Crippen LogP contribution >= 0.6 is 22.9 Å². The molecule has 2 aromatic rings. The molecule has 18 heavy (non-hydrogen) atoms. The molecule has 0 saturated heterocycles. The lowest BCUT2D eigenvalue weighted by molar-refractivity contribution is 0.589. The van der Waals surface area contributed by atoms with Crippen molar-refractivity contribution in [3.05, 3.63) is 45.8 Å². The topological polar surface area (TPSA) is 12.0 Å². The molecule has 96 valence electrons. The van der Waals surface area contributed by atoms with Crippen LogP contribution in [0.3, 0.4) is 0 Å². The Balaban J connectivity index is 2.23. The van der Waals surface area contributed by atoms with Gasteiger partial charge in [0.05, 0.1) is 9.90 Å². The number of rotatable bonds is 4. The van der Waals surface area contributed by atoms with Crippen LogP contribution in [-0.2, 0) is 6.54 Å². The van der Waals surface area contributed by atoms with E-state index >= 15 is 0 Å². The van der Waals surface area contributed by atoms with E-state index in [1.54, 1.807) is 11.3 Å². The number of benzene rings is 1. The number of thiophene rings is 1. The van der Waals surface area contributed by atoms with Gasteiger partial charge in [0.25, 0.3) is 0 Å². The summed E-state index contributed by atoms with van der Waals surface area (Å²) < 4.78 is 0. The van der Waals surface area contributed by atoms with Crippen molar-refractivity contribution in [2.45, 2.75) is 33.4 Å². The van der Waals surface area contributed by atoms with Gasteiger partial charge in [0.2, 0.25) is 0 Å². The monoisotopic (exact) mass is 279 g/mol. The van der Waals surface area contributed by atoms with E-state index in [1.807, 2.05) is 11.4 Å². The van der Waals surface area contributed by atoms with Crippen molar-refractivity contribution in [1.82, 2.24) is 5.32 Å². The summed E-state index contributed by atoms with van der Waals surface area (Å²) in [6, 6.07) is 9.05. The molecule has 1 nitrogen and oxygen atoms in total. The molecule has 1 N–H and O–H groups in total. The van der Waals surface area contributed by atoms with Crippen LogP contribution in [0.2, 0.25) is 5.02 Å². The molecule has 3 heteroatoms. The molecule has 0 radical (unpaired) electrons. The van der Waals surface area contributed by atoms with E-state index in [-0.39, 0.29) is 0 Å². The second-order valence-electron chi connectivity index (χ2n) is 4.78. The highest BCUT2D eigenvalue weighted by Gasteiger charge is 2.08. The van der Waals surface area contributed by atoms with Crippen molar-refractivity contribution in [2.75, 3.05) is 0 Å². The molecule has 0 spiro atoms. The van der Waals surface area contributed by atoms with E-state index < -0.39 is 0 Å². The van der Waals surface area contributed by atoms with Crippen molar-refractivity contribution >= 4 is 22.9 Å². The summed E-state index contributed by atoms with van der Waals surface area (Å²) in [5.74, 6) is 0. The lowest BCUT2D eigenvalue weighted by atomic mass is 10.0. The van der Waals surface area contributed by atoms with Gasteiger partial charge in [-0.05, 0) is 35.1 Å². The van der Waals surface area contributed by atoms with Gasteiger partial charge in [-0.2, -0.15) is 0 Å². The largest absolute Gasteiger partial charge is 0.310 e. The first kappa shape index (κ1) is 13.6. The number of nitrogens with one attached hydrogen (secondary N) is 1. The standard InChI is InChI=1S/C15H18ClNS/c1-10(2)17-9-12-4-5-13(11(3)8-12)15-14(16)6-7-18-15/h4-8,10,17H,9H2,1-3H3. The maximum Gasteiger partial charge on any atom is 0.0592 e. The van der Waals surface area contributed by atoms with Crippen molar-refractivity contribution in [3.63, 3.8) is 0 Å². The minimum absolute atomic E-state index is 0.511. The third-order valence-electron chi connectivity index (χ3n) is 2.87. The Bertz CT molecular complexity index is 531. The van der Waals surface area contributed by atoms with E-state index in [0.717, 1.165) is 16.4 Å². The van der Waals surface area contributed by atoms with Gasteiger partial charge in [-0.25, -0.2) is 0 Å². The van der Waals surface area contributed by atoms with Crippen LogP contribution in [0.25, 0.3) is 10.4 Å². The summed E-state index contributed by atoms with van der Waals surface area (Å²) in [4.78, 5) is 1.16. The highest BCUT2D eigenvalue weighted by Crippen LogP contribution is 2.35. The zero-order valence-corrected chi connectivity index (χ0v) is 12.5. The summed E-state index contributed by atoms with van der Waals surface area (Å²) in [6.07, 6.45) is 0. The molecule has 1 aromatic carbocycles. The summed E-state index contributed by atoms with van der Waals surface area (Å²) in [6.45, 7) is 7.38. The van der Waals surface area contributed by atoms with Crippen LogP contribution < -0.4 is 5.32 Å². The van der Waals surface area contributed by atoms with Gasteiger partial charge in [-0.15, -0.1) is 11.3 Å². The quantitative estimate of drug-likeness (QED) is 0.841. The van der Waals surface area contributed by atoms with Crippen molar-refractivity contribution in [2.24, 2.45) is 0 Å². The van der Waals surface area contributed by atoms with Crippen molar-refractivity contribution in [1.29, 1.82) is 0 Å². The average molecular weight is 280 g/mol. The molecule has 2 rings (SSSR count). The summed E-state index contributed by atoms with van der Waals surface area (Å²) in [7, 11) is 0. The number of hydrogen-bond acceptors (Lipinski definition) is 2. The zero-order chi connectivity index (χ0) is 13.1. The summed E-state index contributed by atoms with van der Waals surface area (Å²) in [5, 5.41) is 6.31. The van der Waals surface area contributed by atoms with Crippen molar-refractivity contribution < 1.29 is 0 Å². The third kappa shape index (κ3) is 3.14. The molecule has 0 amide bonds. The fourth-order valence-corrected chi connectivity index (χ4v) is 3.15. The summed E-state index contributed by atoms with van der Waals surface area (Å²) in [5.41, 5.74) is 3.84. The smallest absolute Gasteiger partial charge is 0.0592 e. The molecular formula is C15H18ClNS. The van der Waals surface area contributed by atoms with E-state index in [2.05, 4.69) is 44.3 Å². The minimum Gasteiger partial charge on any atom is -0.310 e. The first-order valence-corrected chi connectivity index (χ1v) is 7.40. The van der Waals surface area contributed by atoms with Crippen LogP contribution in [0, 0.1) is 6.92 Å². The molecule has 0 fully saturated rings. The second kappa shape index (κ2) is 5.87.